The minimum absolute atomic E-state index is 0.785. The molecule has 1 aliphatic heterocycles. The van der Waals surface area contributed by atoms with E-state index < -0.39 is 0 Å². The summed E-state index contributed by atoms with van der Waals surface area (Å²) in [6, 6.07) is 0. The lowest BCUT2D eigenvalue weighted by Gasteiger charge is -2.23. The van der Waals surface area contributed by atoms with Gasteiger partial charge >= 0.3 is 0 Å². The molecule has 3 heteroatoms. The fourth-order valence-corrected chi connectivity index (χ4v) is 2.15. The average molecular weight is 179 g/mol. The fraction of sp³-hybridized carbons (Fsp3) is 0.700. The molecule has 3 nitrogen and oxygen atoms in total. The average Bonchev–Trinajstić information content (AvgIpc) is 2.49. The number of hydrogen-bond acceptors (Lipinski definition) is 2. The number of nitrogens with two attached hydrogens (primary N) is 1. The van der Waals surface area contributed by atoms with Gasteiger partial charge < -0.3 is 10.3 Å². The summed E-state index contributed by atoms with van der Waals surface area (Å²) >= 11 is 0. The van der Waals surface area contributed by atoms with Gasteiger partial charge in [0.2, 0.25) is 0 Å². The highest BCUT2D eigenvalue weighted by Gasteiger charge is 2.19. The Morgan fingerprint density at radius 2 is 2.54 bits per heavy atom. The molecule has 2 N–H and O–H groups in total. The van der Waals surface area contributed by atoms with Gasteiger partial charge in [-0.05, 0) is 38.6 Å². The van der Waals surface area contributed by atoms with Gasteiger partial charge in [-0.25, -0.2) is 4.98 Å². The molecule has 0 saturated heterocycles. The molecular weight excluding hydrogens is 162 g/mol. The van der Waals surface area contributed by atoms with E-state index in [1.54, 1.807) is 0 Å². The van der Waals surface area contributed by atoms with Gasteiger partial charge in [-0.2, -0.15) is 0 Å². The van der Waals surface area contributed by atoms with Gasteiger partial charge in [0.25, 0.3) is 0 Å². The number of rotatable bonds is 2. The number of aryl methyl sites for hydroxylation is 2. The first-order valence-electron chi connectivity index (χ1n) is 5.02. The maximum Gasteiger partial charge on any atom is 0.0951 e. The van der Waals surface area contributed by atoms with E-state index in [2.05, 4.69) is 16.5 Å². The fourth-order valence-electron chi connectivity index (χ4n) is 2.15. The van der Waals surface area contributed by atoms with Crippen molar-refractivity contribution in [1.29, 1.82) is 0 Å². The Balaban J connectivity index is 2.13. The molecule has 1 unspecified atom stereocenters. The van der Waals surface area contributed by atoms with Gasteiger partial charge in [0.05, 0.1) is 12.0 Å². The molecule has 0 radical (unpaired) electrons. The highest BCUT2D eigenvalue weighted by atomic mass is 15.1. The monoisotopic (exact) mass is 179 g/mol. The van der Waals surface area contributed by atoms with Crippen LogP contribution in [-0.2, 0) is 13.0 Å². The second-order valence-electron chi connectivity index (χ2n) is 3.91. The zero-order valence-electron chi connectivity index (χ0n) is 8.16. The number of imidazole rings is 1. The van der Waals surface area contributed by atoms with E-state index in [9.17, 15) is 0 Å². The van der Waals surface area contributed by atoms with E-state index >= 15 is 0 Å². The molecular formula is C10H17N3. The Kier molecular flexibility index (Phi) is 2.36. The third-order valence-corrected chi connectivity index (χ3v) is 2.99. The second kappa shape index (κ2) is 3.50. The molecule has 0 fully saturated rings. The van der Waals surface area contributed by atoms with Crippen LogP contribution in [0, 0.1) is 12.8 Å². The van der Waals surface area contributed by atoms with Gasteiger partial charge in [0.1, 0.15) is 0 Å². The Bertz CT molecular complexity index is 290. The van der Waals surface area contributed by atoms with Gasteiger partial charge in [-0.1, -0.05) is 0 Å². The summed E-state index contributed by atoms with van der Waals surface area (Å²) in [4.78, 5) is 4.32. The van der Waals surface area contributed by atoms with Gasteiger partial charge in [-0.15, -0.1) is 0 Å². The van der Waals surface area contributed by atoms with Gasteiger partial charge in [-0.3, -0.25) is 0 Å². The van der Waals surface area contributed by atoms with E-state index in [1.807, 2.05) is 6.33 Å². The highest BCUT2D eigenvalue weighted by molar-refractivity contribution is 5.13. The third kappa shape index (κ3) is 1.61. The normalized spacial score (nSPS) is 21.5. The van der Waals surface area contributed by atoms with Crippen molar-refractivity contribution in [3.8, 4) is 0 Å². The lowest BCUT2D eigenvalue weighted by molar-refractivity contribution is 0.370. The molecule has 0 aromatic carbocycles. The molecule has 13 heavy (non-hydrogen) atoms. The SMILES string of the molecule is Cc1ncn2c1CC(CCN)CC2. The molecule has 0 aliphatic carbocycles. The van der Waals surface area contributed by atoms with E-state index in [0.717, 1.165) is 25.4 Å². The van der Waals surface area contributed by atoms with Crippen LogP contribution in [0.1, 0.15) is 24.2 Å². The summed E-state index contributed by atoms with van der Waals surface area (Å²) in [5.74, 6) is 0.785. The van der Waals surface area contributed by atoms with Crippen LogP contribution >= 0.6 is 0 Å². The zero-order chi connectivity index (χ0) is 9.26. The van der Waals surface area contributed by atoms with Crippen LogP contribution in [-0.4, -0.2) is 16.1 Å². The van der Waals surface area contributed by atoms with Crippen molar-refractivity contribution < 1.29 is 0 Å². The van der Waals surface area contributed by atoms with E-state index in [1.165, 1.54) is 24.2 Å². The van der Waals surface area contributed by atoms with Crippen LogP contribution in [0.4, 0.5) is 0 Å². The van der Waals surface area contributed by atoms with Gasteiger partial charge in [0, 0.05) is 12.2 Å². The molecule has 2 rings (SSSR count). The molecule has 1 aliphatic rings. The van der Waals surface area contributed by atoms with E-state index in [0.29, 0.717) is 0 Å². The minimum Gasteiger partial charge on any atom is -0.334 e. The van der Waals surface area contributed by atoms with Crippen LogP contribution < -0.4 is 5.73 Å². The summed E-state index contributed by atoms with van der Waals surface area (Å²) in [7, 11) is 0. The Morgan fingerprint density at radius 1 is 1.69 bits per heavy atom. The molecule has 2 heterocycles. The Morgan fingerprint density at radius 3 is 3.31 bits per heavy atom. The Hall–Kier alpha value is -0.830. The first-order valence-corrected chi connectivity index (χ1v) is 5.02. The summed E-state index contributed by atoms with van der Waals surface area (Å²) in [5.41, 5.74) is 8.19. The van der Waals surface area contributed by atoms with E-state index in [4.69, 9.17) is 5.73 Å². The molecule has 0 spiro atoms. The summed E-state index contributed by atoms with van der Waals surface area (Å²) in [6.07, 6.45) is 5.55. The molecule has 72 valence electrons. The first kappa shape index (κ1) is 8.75. The van der Waals surface area contributed by atoms with Crippen LogP contribution in [0.2, 0.25) is 0 Å². The largest absolute Gasteiger partial charge is 0.334 e. The highest BCUT2D eigenvalue weighted by Crippen LogP contribution is 2.24. The van der Waals surface area contributed by atoms with Crippen molar-refractivity contribution in [2.24, 2.45) is 11.7 Å². The molecule has 0 saturated carbocycles. The first-order chi connectivity index (χ1) is 6.31. The second-order valence-corrected chi connectivity index (χ2v) is 3.91. The molecule has 0 bridgehead atoms. The molecule has 1 atom stereocenters. The van der Waals surface area contributed by atoms with Crippen molar-refractivity contribution in [3.63, 3.8) is 0 Å². The predicted molar refractivity (Wildman–Crippen MR) is 52.4 cm³/mol. The summed E-state index contributed by atoms with van der Waals surface area (Å²) in [5, 5.41) is 0. The van der Waals surface area contributed by atoms with Crippen molar-refractivity contribution >= 4 is 0 Å². The predicted octanol–water partition coefficient (Wildman–Crippen LogP) is 1.10. The lowest BCUT2D eigenvalue weighted by atomic mass is 9.92. The maximum atomic E-state index is 5.57. The smallest absolute Gasteiger partial charge is 0.0951 e. The van der Waals surface area contributed by atoms with E-state index in [-0.39, 0.29) is 0 Å². The third-order valence-electron chi connectivity index (χ3n) is 2.99. The standard InChI is InChI=1S/C10H17N3/c1-8-10-6-9(2-4-11)3-5-13(10)7-12-8/h7,9H,2-6,11H2,1H3. The van der Waals surface area contributed by atoms with Crippen LogP contribution in [0.15, 0.2) is 6.33 Å². The van der Waals surface area contributed by atoms with Crippen molar-refractivity contribution in [1.82, 2.24) is 9.55 Å². The quantitative estimate of drug-likeness (QED) is 0.739. The molecule has 1 aromatic rings. The van der Waals surface area contributed by atoms with Crippen molar-refractivity contribution in [2.75, 3.05) is 6.54 Å². The Labute approximate surface area is 79.0 Å². The van der Waals surface area contributed by atoms with Crippen LogP contribution in [0.5, 0.6) is 0 Å². The molecule has 1 aromatic heterocycles. The maximum absolute atomic E-state index is 5.57. The number of aromatic nitrogens is 2. The van der Waals surface area contributed by atoms with Gasteiger partial charge in [0.15, 0.2) is 0 Å². The van der Waals surface area contributed by atoms with Crippen LogP contribution in [0.25, 0.3) is 0 Å². The number of hydrogen-bond donors (Lipinski definition) is 1. The minimum atomic E-state index is 0.785. The number of fused-ring (bicyclic) bond motifs is 1. The van der Waals surface area contributed by atoms with Crippen LogP contribution in [0.3, 0.4) is 0 Å². The van der Waals surface area contributed by atoms with Crippen molar-refractivity contribution in [2.45, 2.75) is 32.7 Å². The lowest BCUT2D eigenvalue weighted by Crippen LogP contribution is -2.21. The van der Waals surface area contributed by atoms with Crippen molar-refractivity contribution in [3.05, 3.63) is 17.7 Å². The summed E-state index contributed by atoms with van der Waals surface area (Å²) in [6.45, 7) is 4.04. The summed E-state index contributed by atoms with van der Waals surface area (Å²) < 4.78 is 2.28. The number of nitrogens with zero attached hydrogens (tertiary/aromatic N) is 2. The zero-order valence-corrected chi connectivity index (χ0v) is 8.16. The topological polar surface area (TPSA) is 43.8 Å². The molecule has 0 amide bonds.